The second-order valence-corrected chi connectivity index (χ2v) is 6.34. The van der Waals surface area contributed by atoms with Crippen LogP contribution in [0.1, 0.15) is 55.3 Å². The van der Waals surface area contributed by atoms with Crippen LogP contribution >= 0.6 is 11.6 Å². The van der Waals surface area contributed by atoms with Crippen molar-refractivity contribution in [2.75, 3.05) is 6.61 Å². The Hall–Kier alpha value is -1.69. The number of carbonyl (C=O) groups excluding carboxylic acids is 2. The zero-order valence-corrected chi connectivity index (χ0v) is 14.0. The van der Waals surface area contributed by atoms with E-state index in [2.05, 4.69) is 5.32 Å². The lowest BCUT2D eigenvalue weighted by atomic mass is 9.97. The maximum Gasteiger partial charge on any atom is 0.340 e. The Morgan fingerprint density at radius 2 is 1.67 bits per heavy atom. The largest absolute Gasteiger partial charge is 0.452 e. The second-order valence-electron chi connectivity index (χ2n) is 5.93. The standard InChI is InChI=1S/C17H20ClF2NO3/c18-13-9-15(20)14(19)8-12(13)17(23)24-10-16(22)21-11-6-4-2-1-3-5-7-11/h8-9,11H,1-7,10H2,(H,21,22). The van der Waals surface area contributed by atoms with Gasteiger partial charge >= 0.3 is 5.97 Å². The minimum absolute atomic E-state index is 0.0864. The van der Waals surface area contributed by atoms with Crippen LogP contribution in [0.2, 0.25) is 5.02 Å². The molecule has 0 radical (unpaired) electrons. The van der Waals surface area contributed by atoms with Crippen LogP contribution in [0.25, 0.3) is 0 Å². The summed E-state index contributed by atoms with van der Waals surface area (Å²) in [6.45, 7) is -0.481. The fourth-order valence-corrected chi connectivity index (χ4v) is 2.99. The monoisotopic (exact) mass is 359 g/mol. The highest BCUT2D eigenvalue weighted by Crippen LogP contribution is 2.21. The molecule has 0 unspecified atom stereocenters. The lowest BCUT2D eigenvalue weighted by Crippen LogP contribution is -2.38. The van der Waals surface area contributed by atoms with Crippen LogP contribution in [0.4, 0.5) is 8.78 Å². The van der Waals surface area contributed by atoms with Gasteiger partial charge in [-0.3, -0.25) is 4.79 Å². The van der Waals surface area contributed by atoms with Crippen molar-refractivity contribution in [1.82, 2.24) is 5.32 Å². The fourth-order valence-electron chi connectivity index (χ4n) is 2.76. The predicted molar refractivity (Wildman–Crippen MR) is 85.9 cm³/mol. The lowest BCUT2D eigenvalue weighted by Gasteiger charge is -2.20. The molecule has 24 heavy (non-hydrogen) atoms. The topological polar surface area (TPSA) is 55.4 Å². The van der Waals surface area contributed by atoms with E-state index in [1.165, 1.54) is 6.42 Å². The minimum atomic E-state index is -1.20. The molecule has 0 bridgehead atoms. The molecule has 2 rings (SSSR count). The SMILES string of the molecule is O=C(COC(=O)c1cc(F)c(F)cc1Cl)NC1CCCCCCC1. The quantitative estimate of drug-likeness (QED) is 0.653. The first-order chi connectivity index (χ1) is 11.5. The lowest BCUT2D eigenvalue weighted by molar-refractivity contribution is -0.125. The van der Waals surface area contributed by atoms with E-state index in [1.807, 2.05) is 0 Å². The van der Waals surface area contributed by atoms with Crippen molar-refractivity contribution < 1.29 is 23.1 Å². The van der Waals surface area contributed by atoms with E-state index in [-0.39, 0.29) is 16.6 Å². The Bertz CT molecular complexity index is 602. The van der Waals surface area contributed by atoms with Crippen molar-refractivity contribution in [1.29, 1.82) is 0 Å². The predicted octanol–water partition coefficient (Wildman–Crippen LogP) is 4.00. The first-order valence-corrected chi connectivity index (χ1v) is 8.46. The van der Waals surface area contributed by atoms with Crippen molar-refractivity contribution in [3.05, 3.63) is 34.4 Å². The van der Waals surface area contributed by atoms with Crippen LogP contribution in [0.5, 0.6) is 0 Å². The molecule has 1 fully saturated rings. The number of amides is 1. The van der Waals surface area contributed by atoms with Gasteiger partial charge in [0.25, 0.3) is 5.91 Å². The number of nitrogens with one attached hydrogen (secondary N) is 1. The fraction of sp³-hybridized carbons (Fsp3) is 0.529. The average Bonchev–Trinajstić information content (AvgIpc) is 2.51. The van der Waals surface area contributed by atoms with Gasteiger partial charge in [0.15, 0.2) is 18.2 Å². The van der Waals surface area contributed by atoms with E-state index in [0.29, 0.717) is 12.1 Å². The number of hydrogen-bond acceptors (Lipinski definition) is 3. The van der Waals surface area contributed by atoms with Crippen molar-refractivity contribution in [3.8, 4) is 0 Å². The minimum Gasteiger partial charge on any atom is -0.452 e. The van der Waals surface area contributed by atoms with Gasteiger partial charge in [-0.25, -0.2) is 13.6 Å². The number of hydrogen-bond donors (Lipinski definition) is 1. The zero-order valence-electron chi connectivity index (χ0n) is 13.2. The summed E-state index contributed by atoms with van der Waals surface area (Å²) in [5, 5.41) is 2.58. The van der Waals surface area contributed by atoms with Crippen LogP contribution in [0.3, 0.4) is 0 Å². The molecule has 1 N–H and O–H groups in total. The Balaban J connectivity index is 1.84. The molecule has 4 nitrogen and oxygen atoms in total. The van der Waals surface area contributed by atoms with Crippen LogP contribution in [0, 0.1) is 11.6 Å². The van der Waals surface area contributed by atoms with Gasteiger partial charge in [-0.05, 0) is 25.0 Å². The van der Waals surface area contributed by atoms with Crippen molar-refractivity contribution in [2.45, 2.75) is 51.0 Å². The Labute approximate surface area is 144 Å². The summed E-state index contributed by atoms with van der Waals surface area (Å²) in [5.74, 6) is -3.73. The third-order valence-corrected chi connectivity index (χ3v) is 4.35. The highest BCUT2D eigenvalue weighted by molar-refractivity contribution is 6.33. The van der Waals surface area contributed by atoms with Gasteiger partial charge in [0, 0.05) is 6.04 Å². The third-order valence-electron chi connectivity index (χ3n) is 4.03. The van der Waals surface area contributed by atoms with Crippen LogP contribution in [0.15, 0.2) is 12.1 Å². The number of ether oxygens (including phenoxy) is 1. The number of rotatable bonds is 4. The van der Waals surface area contributed by atoms with Gasteiger partial charge in [-0.2, -0.15) is 0 Å². The molecular weight excluding hydrogens is 340 g/mol. The van der Waals surface area contributed by atoms with Gasteiger partial charge in [0.1, 0.15) is 0 Å². The molecule has 0 aliphatic heterocycles. The molecule has 1 saturated carbocycles. The highest BCUT2D eigenvalue weighted by atomic mass is 35.5. The molecule has 1 aliphatic rings. The third kappa shape index (κ3) is 5.44. The summed E-state index contributed by atoms with van der Waals surface area (Å²) in [6.07, 6.45) is 7.51. The van der Waals surface area contributed by atoms with Gasteiger partial charge < -0.3 is 10.1 Å². The smallest absolute Gasteiger partial charge is 0.340 e. The van der Waals surface area contributed by atoms with Crippen molar-refractivity contribution >= 4 is 23.5 Å². The molecule has 0 heterocycles. The normalized spacial score (nSPS) is 16.1. The van der Waals surface area contributed by atoms with E-state index < -0.39 is 30.1 Å². The van der Waals surface area contributed by atoms with E-state index >= 15 is 0 Å². The molecule has 0 saturated heterocycles. The van der Waals surface area contributed by atoms with E-state index in [1.54, 1.807) is 0 Å². The molecule has 1 aliphatic carbocycles. The van der Waals surface area contributed by atoms with E-state index in [9.17, 15) is 18.4 Å². The first-order valence-electron chi connectivity index (χ1n) is 8.08. The molecule has 132 valence electrons. The molecule has 0 spiro atoms. The molecule has 1 aromatic rings. The Kier molecular flexibility index (Phi) is 6.97. The average molecular weight is 360 g/mol. The van der Waals surface area contributed by atoms with Gasteiger partial charge in [-0.1, -0.05) is 43.7 Å². The van der Waals surface area contributed by atoms with Gasteiger partial charge in [0.05, 0.1) is 10.6 Å². The summed E-state index contributed by atoms with van der Waals surface area (Å²) in [6, 6.07) is 1.44. The van der Waals surface area contributed by atoms with Gasteiger partial charge in [-0.15, -0.1) is 0 Å². The first kappa shape index (κ1) is 18.6. The highest BCUT2D eigenvalue weighted by Gasteiger charge is 2.19. The molecule has 0 aromatic heterocycles. The van der Waals surface area contributed by atoms with Crippen LogP contribution < -0.4 is 5.32 Å². The molecule has 1 amide bonds. The van der Waals surface area contributed by atoms with E-state index in [0.717, 1.165) is 38.5 Å². The summed E-state index contributed by atoms with van der Waals surface area (Å²) < 4.78 is 31.0. The summed E-state index contributed by atoms with van der Waals surface area (Å²) in [7, 11) is 0. The Morgan fingerprint density at radius 3 is 2.33 bits per heavy atom. The molecular formula is C17H20ClF2NO3. The number of benzene rings is 1. The number of esters is 1. The second kappa shape index (κ2) is 8.97. The number of carbonyl (C=O) groups is 2. The van der Waals surface area contributed by atoms with Crippen molar-refractivity contribution in [3.63, 3.8) is 0 Å². The van der Waals surface area contributed by atoms with E-state index in [4.69, 9.17) is 16.3 Å². The summed E-state index contributed by atoms with van der Waals surface area (Å²) in [5.41, 5.74) is -0.311. The summed E-state index contributed by atoms with van der Waals surface area (Å²) >= 11 is 5.69. The maximum absolute atomic E-state index is 13.2. The molecule has 1 aromatic carbocycles. The number of halogens is 3. The van der Waals surface area contributed by atoms with Gasteiger partial charge in [0.2, 0.25) is 0 Å². The zero-order chi connectivity index (χ0) is 17.5. The summed E-state index contributed by atoms with van der Waals surface area (Å²) in [4.78, 5) is 23.7. The van der Waals surface area contributed by atoms with Crippen molar-refractivity contribution in [2.24, 2.45) is 0 Å². The maximum atomic E-state index is 13.2. The molecule has 7 heteroatoms. The Morgan fingerprint density at radius 1 is 1.08 bits per heavy atom. The van der Waals surface area contributed by atoms with Crippen LogP contribution in [-0.2, 0) is 9.53 Å². The molecule has 0 atom stereocenters. The van der Waals surface area contributed by atoms with Crippen LogP contribution in [-0.4, -0.2) is 24.5 Å².